The van der Waals surface area contributed by atoms with Crippen molar-refractivity contribution in [2.24, 2.45) is 0 Å². The van der Waals surface area contributed by atoms with Gasteiger partial charge in [-0.2, -0.15) is 0 Å². The molecule has 2 aromatic carbocycles. The second-order valence-corrected chi connectivity index (χ2v) is 8.38. The Morgan fingerprint density at radius 3 is 2.37 bits per heavy atom. The summed E-state index contributed by atoms with van der Waals surface area (Å²) in [5, 5.41) is 9.60. The first-order valence-corrected chi connectivity index (χ1v) is 11.2. The molecular formula is C23H26N4O2S. The molecule has 0 radical (unpaired) electrons. The lowest BCUT2D eigenvalue weighted by Gasteiger charge is -2.26. The van der Waals surface area contributed by atoms with Gasteiger partial charge in [0.15, 0.2) is 11.0 Å². The Balaban J connectivity index is 1.63. The van der Waals surface area contributed by atoms with Crippen molar-refractivity contribution in [1.82, 2.24) is 19.7 Å². The fourth-order valence-corrected chi connectivity index (χ4v) is 4.43. The maximum absolute atomic E-state index is 12.6. The predicted octanol–water partition coefficient (Wildman–Crippen LogP) is 4.36. The van der Waals surface area contributed by atoms with Crippen LogP contribution in [0.25, 0.3) is 17.1 Å². The zero-order valence-electron chi connectivity index (χ0n) is 17.4. The highest BCUT2D eigenvalue weighted by Gasteiger charge is 2.20. The fraction of sp³-hybridized carbons (Fsp3) is 0.348. The molecule has 0 atom stereocenters. The van der Waals surface area contributed by atoms with Gasteiger partial charge in [0.05, 0.1) is 12.9 Å². The first-order chi connectivity index (χ1) is 14.7. The quantitative estimate of drug-likeness (QED) is 0.553. The zero-order valence-corrected chi connectivity index (χ0v) is 18.2. The standard InChI is InChI=1S/C23H26N4O2S/c1-17-6-10-19(11-7-17)27-22(18-8-12-20(29-2)13-9-18)24-25-23(27)30-16-21(28)26-14-4-3-5-15-26/h6-13H,3-5,14-16H2,1-2H3. The molecule has 0 unspecified atom stereocenters. The van der Waals surface area contributed by atoms with E-state index in [0.717, 1.165) is 53.9 Å². The Morgan fingerprint density at radius 2 is 1.70 bits per heavy atom. The lowest BCUT2D eigenvalue weighted by molar-refractivity contribution is -0.129. The van der Waals surface area contributed by atoms with Gasteiger partial charge in [-0.05, 0) is 62.6 Å². The lowest BCUT2D eigenvalue weighted by atomic mass is 10.1. The number of ether oxygens (including phenoxy) is 1. The first kappa shape index (κ1) is 20.5. The van der Waals surface area contributed by atoms with Crippen molar-refractivity contribution < 1.29 is 9.53 Å². The summed E-state index contributed by atoms with van der Waals surface area (Å²) in [6.45, 7) is 3.79. The highest BCUT2D eigenvalue weighted by Crippen LogP contribution is 2.29. The molecule has 0 aliphatic carbocycles. The number of amides is 1. The molecule has 1 aromatic heterocycles. The summed E-state index contributed by atoms with van der Waals surface area (Å²) < 4.78 is 7.29. The minimum absolute atomic E-state index is 0.171. The van der Waals surface area contributed by atoms with Crippen LogP contribution in [0.1, 0.15) is 24.8 Å². The zero-order chi connectivity index (χ0) is 20.9. The van der Waals surface area contributed by atoms with Crippen molar-refractivity contribution in [3.8, 4) is 22.8 Å². The number of methoxy groups -OCH3 is 1. The van der Waals surface area contributed by atoms with Gasteiger partial charge in [-0.25, -0.2) is 0 Å². The molecule has 2 heterocycles. The average Bonchev–Trinajstić information content (AvgIpc) is 3.22. The van der Waals surface area contributed by atoms with E-state index in [4.69, 9.17) is 4.74 Å². The van der Waals surface area contributed by atoms with Crippen LogP contribution in [0.15, 0.2) is 53.7 Å². The van der Waals surface area contributed by atoms with Gasteiger partial charge < -0.3 is 9.64 Å². The van der Waals surface area contributed by atoms with Crippen LogP contribution in [0.3, 0.4) is 0 Å². The average molecular weight is 423 g/mol. The number of hydrogen-bond acceptors (Lipinski definition) is 5. The van der Waals surface area contributed by atoms with E-state index in [1.54, 1.807) is 7.11 Å². The third kappa shape index (κ3) is 4.51. The Morgan fingerprint density at radius 1 is 1.00 bits per heavy atom. The van der Waals surface area contributed by atoms with Gasteiger partial charge in [-0.1, -0.05) is 29.5 Å². The molecule has 30 heavy (non-hydrogen) atoms. The van der Waals surface area contributed by atoms with Gasteiger partial charge in [-0.3, -0.25) is 9.36 Å². The molecule has 0 bridgehead atoms. The van der Waals surface area contributed by atoms with Crippen molar-refractivity contribution >= 4 is 17.7 Å². The third-order valence-electron chi connectivity index (χ3n) is 5.31. The van der Waals surface area contributed by atoms with Crippen LogP contribution < -0.4 is 4.74 Å². The number of thioether (sulfide) groups is 1. The Labute approximate surface area is 181 Å². The Bertz CT molecular complexity index is 993. The Kier molecular flexibility index (Phi) is 6.38. The number of aromatic nitrogens is 3. The summed E-state index contributed by atoms with van der Waals surface area (Å²) in [4.78, 5) is 14.6. The molecule has 1 aliphatic rings. The van der Waals surface area contributed by atoms with E-state index in [0.29, 0.717) is 5.75 Å². The molecule has 0 saturated carbocycles. The number of hydrogen-bond donors (Lipinski definition) is 0. The Hall–Kier alpha value is -2.80. The fourth-order valence-electron chi connectivity index (χ4n) is 3.58. The molecular weight excluding hydrogens is 396 g/mol. The molecule has 7 heteroatoms. The van der Waals surface area contributed by atoms with Crippen LogP contribution in [-0.4, -0.2) is 51.5 Å². The van der Waals surface area contributed by atoms with Gasteiger partial charge in [-0.15, -0.1) is 10.2 Å². The van der Waals surface area contributed by atoms with E-state index in [2.05, 4.69) is 41.4 Å². The summed E-state index contributed by atoms with van der Waals surface area (Å²) in [7, 11) is 1.65. The van der Waals surface area contributed by atoms with Crippen molar-refractivity contribution in [1.29, 1.82) is 0 Å². The number of rotatable bonds is 6. The number of likely N-dealkylation sites (tertiary alicyclic amines) is 1. The largest absolute Gasteiger partial charge is 0.497 e. The smallest absolute Gasteiger partial charge is 0.233 e. The normalized spacial score (nSPS) is 14.0. The van der Waals surface area contributed by atoms with E-state index in [9.17, 15) is 4.79 Å². The molecule has 0 N–H and O–H groups in total. The predicted molar refractivity (Wildman–Crippen MR) is 119 cm³/mol. The van der Waals surface area contributed by atoms with Crippen LogP contribution >= 0.6 is 11.8 Å². The maximum Gasteiger partial charge on any atom is 0.233 e. The summed E-state index contributed by atoms with van der Waals surface area (Å²) >= 11 is 1.44. The molecule has 0 spiro atoms. The van der Waals surface area contributed by atoms with Gasteiger partial charge >= 0.3 is 0 Å². The summed E-state index contributed by atoms with van der Waals surface area (Å²) in [5.41, 5.74) is 3.11. The van der Waals surface area contributed by atoms with E-state index in [1.165, 1.54) is 23.7 Å². The number of piperidine rings is 1. The summed E-state index contributed by atoms with van der Waals surface area (Å²) in [6.07, 6.45) is 3.40. The first-order valence-electron chi connectivity index (χ1n) is 10.2. The molecule has 1 aliphatic heterocycles. The molecule has 1 fully saturated rings. The van der Waals surface area contributed by atoms with Gasteiger partial charge in [0.25, 0.3) is 0 Å². The van der Waals surface area contributed by atoms with Crippen LogP contribution in [-0.2, 0) is 4.79 Å². The second kappa shape index (κ2) is 9.34. The van der Waals surface area contributed by atoms with Crippen LogP contribution in [0, 0.1) is 6.92 Å². The van der Waals surface area contributed by atoms with Gasteiger partial charge in [0.2, 0.25) is 5.91 Å². The van der Waals surface area contributed by atoms with Crippen LogP contribution in [0.2, 0.25) is 0 Å². The number of nitrogens with zero attached hydrogens (tertiary/aromatic N) is 4. The summed E-state index contributed by atoms with van der Waals surface area (Å²) in [5.74, 6) is 2.08. The van der Waals surface area contributed by atoms with E-state index in [1.807, 2.05) is 33.7 Å². The highest BCUT2D eigenvalue weighted by atomic mass is 32.2. The third-order valence-corrected chi connectivity index (χ3v) is 6.22. The van der Waals surface area contributed by atoms with Gasteiger partial charge in [0, 0.05) is 24.3 Å². The molecule has 6 nitrogen and oxygen atoms in total. The van der Waals surface area contributed by atoms with Crippen molar-refractivity contribution in [3.63, 3.8) is 0 Å². The van der Waals surface area contributed by atoms with Crippen molar-refractivity contribution in [2.45, 2.75) is 31.3 Å². The molecule has 1 amide bonds. The second-order valence-electron chi connectivity index (χ2n) is 7.44. The summed E-state index contributed by atoms with van der Waals surface area (Å²) in [6, 6.07) is 16.0. The molecule has 4 rings (SSSR count). The monoisotopic (exact) mass is 422 g/mol. The van der Waals surface area contributed by atoms with E-state index >= 15 is 0 Å². The number of carbonyl (C=O) groups is 1. The van der Waals surface area contributed by atoms with Crippen LogP contribution in [0.5, 0.6) is 5.75 Å². The van der Waals surface area contributed by atoms with E-state index in [-0.39, 0.29) is 5.91 Å². The molecule has 1 saturated heterocycles. The van der Waals surface area contributed by atoms with Crippen molar-refractivity contribution in [3.05, 3.63) is 54.1 Å². The topological polar surface area (TPSA) is 60.3 Å². The minimum atomic E-state index is 0.171. The SMILES string of the molecule is COc1ccc(-c2nnc(SCC(=O)N3CCCCC3)n2-c2ccc(C)cc2)cc1. The molecule has 3 aromatic rings. The van der Waals surface area contributed by atoms with Gasteiger partial charge in [0.1, 0.15) is 5.75 Å². The molecule has 156 valence electrons. The highest BCUT2D eigenvalue weighted by molar-refractivity contribution is 7.99. The minimum Gasteiger partial charge on any atom is -0.497 e. The van der Waals surface area contributed by atoms with Crippen LogP contribution in [0.4, 0.5) is 0 Å². The lowest BCUT2D eigenvalue weighted by Crippen LogP contribution is -2.36. The number of aryl methyl sites for hydroxylation is 1. The maximum atomic E-state index is 12.6. The number of carbonyl (C=O) groups excluding carboxylic acids is 1. The van der Waals surface area contributed by atoms with Crippen molar-refractivity contribution in [2.75, 3.05) is 26.0 Å². The van der Waals surface area contributed by atoms with E-state index < -0.39 is 0 Å². The number of benzene rings is 2.